The van der Waals surface area contributed by atoms with Crippen LogP contribution in [0.2, 0.25) is 5.02 Å². The molecule has 0 aliphatic carbocycles. The molecule has 0 aromatic heterocycles. The van der Waals surface area contributed by atoms with E-state index >= 15 is 0 Å². The number of aliphatic imine (C=N–C) groups is 1. The second kappa shape index (κ2) is 10.3. The van der Waals surface area contributed by atoms with Crippen molar-refractivity contribution in [3.8, 4) is 11.5 Å². The Morgan fingerprint density at radius 3 is 2.61 bits per heavy atom. The molecule has 156 valence electrons. The van der Waals surface area contributed by atoms with Gasteiger partial charge in [-0.05, 0) is 45.4 Å². The second-order valence-electron chi connectivity index (χ2n) is 7.15. The fraction of sp³-hybridized carbons (Fsp3) is 0.579. The molecule has 0 saturated carbocycles. The van der Waals surface area contributed by atoms with Gasteiger partial charge in [0, 0.05) is 19.6 Å². The number of halogens is 1. The number of ether oxygens (including phenoxy) is 3. The molecule has 0 atom stereocenters. The van der Waals surface area contributed by atoms with Crippen molar-refractivity contribution in [3.05, 3.63) is 22.7 Å². The Morgan fingerprint density at radius 1 is 1.18 bits per heavy atom. The normalized spacial score (nSPS) is 13.7. The van der Waals surface area contributed by atoms with Gasteiger partial charge in [-0.3, -0.25) is 0 Å². The Labute approximate surface area is 171 Å². The first-order valence-electron chi connectivity index (χ1n) is 9.35. The number of nitrogens with zero attached hydrogens (tertiary/aromatic N) is 1. The van der Waals surface area contributed by atoms with Gasteiger partial charge in [0.15, 0.2) is 17.5 Å². The topological polar surface area (TPSA) is 93.2 Å². The van der Waals surface area contributed by atoms with E-state index in [9.17, 15) is 4.79 Å². The SMILES string of the molecule is CCNC(=NCc1cc(Cl)c2c(c1)OCCO2)NCCNC(=O)OC(C)(C)C. The van der Waals surface area contributed by atoms with Crippen LogP contribution >= 0.6 is 11.6 Å². The standard InChI is InChI=1S/C19H29ClN4O4/c1-5-21-17(22-6-7-23-18(25)28-19(2,3)4)24-12-13-10-14(20)16-15(11-13)26-8-9-27-16/h10-11H,5-9,12H2,1-4H3,(H,23,25)(H2,21,22,24). The van der Waals surface area contributed by atoms with Gasteiger partial charge in [0.25, 0.3) is 0 Å². The highest BCUT2D eigenvalue weighted by Gasteiger charge is 2.17. The van der Waals surface area contributed by atoms with E-state index in [0.717, 1.165) is 5.56 Å². The van der Waals surface area contributed by atoms with E-state index in [1.54, 1.807) is 0 Å². The van der Waals surface area contributed by atoms with Crippen LogP contribution in [-0.4, -0.2) is 50.5 Å². The summed E-state index contributed by atoms with van der Waals surface area (Å²) in [6.07, 6.45) is -0.442. The maximum Gasteiger partial charge on any atom is 0.407 e. The van der Waals surface area contributed by atoms with Crippen LogP contribution in [-0.2, 0) is 11.3 Å². The summed E-state index contributed by atoms with van der Waals surface area (Å²) < 4.78 is 16.3. The van der Waals surface area contributed by atoms with Gasteiger partial charge in [0.05, 0.1) is 11.6 Å². The van der Waals surface area contributed by atoms with Crippen LogP contribution in [0.5, 0.6) is 11.5 Å². The molecule has 1 aliphatic heterocycles. The summed E-state index contributed by atoms with van der Waals surface area (Å²) in [6.45, 7) is 10.5. The van der Waals surface area contributed by atoms with Crippen LogP contribution in [0.25, 0.3) is 0 Å². The lowest BCUT2D eigenvalue weighted by molar-refractivity contribution is 0.0529. The van der Waals surface area contributed by atoms with Crippen LogP contribution in [0.1, 0.15) is 33.3 Å². The van der Waals surface area contributed by atoms with Crippen LogP contribution in [0.3, 0.4) is 0 Å². The van der Waals surface area contributed by atoms with E-state index < -0.39 is 11.7 Å². The lowest BCUT2D eigenvalue weighted by atomic mass is 10.2. The summed E-state index contributed by atoms with van der Waals surface area (Å²) in [5.41, 5.74) is 0.400. The zero-order valence-electron chi connectivity index (χ0n) is 16.9. The molecule has 2 rings (SSSR count). The molecule has 0 spiro atoms. The van der Waals surface area contributed by atoms with Gasteiger partial charge in [-0.2, -0.15) is 0 Å². The molecule has 0 saturated heterocycles. The quantitative estimate of drug-likeness (QED) is 0.378. The van der Waals surface area contributed by atoms with Crippen LogP contribution in [0.15, 0.2) is 17.1 Å². The van der Waals surface area contributed by atoms with E-state index in [-0.39, 0.29) is 0 Å². The summed E-state index contributed by atoms with van der Waals surface area (Å²) >= 11 is 6.26. The highest BCUT2D eigenvalue weighted by molar-refractivity contribution is 6.32. The van der Waals surface area contributed by atoms with Gasteiger partial charge in [-0.15, -0.1) is 0 Å². The van der Waals surface area contributed by atoms with Crippen molar-refractivity contribution in [3.63, 3.8) is 0 Å². The zero-order chi connectivity index (χ0) is 20.6. The van der Waals surface area contributed by atoms with E-state index in [1.165, 1.54) is 0 Å². The van der Waals surface area contributed by atoms with Gasteiger partial charge >= 0.3 is 6.09 Å². The minimum atomic E-state index is -0.515. The maximum atomic E-state index is 11.6. The lowest BCUT2D eigenvalue weighted by Crippen LogP contribution is -2.42. The monoisotopic (exact) mass is 412 g/mol. The van der Waals surface area contributed by atoms with E-state index in [1.807, 2.05) is 39.8 Å². The van der Waals surface area contributed by atoms with Crippen molar-refractivity contribution < 1.29 is 19.0 Å². The number of hydrogen-bond donors (Lipinski definition) is 3. The average molecular weight is 413 g/mol. The number of alkyl carbamates (subject to hydrolysis) is 1. The molecule has 0 fully saturated rings. The fourth-order valence-corrected chi connectivity index (χ4v) is 2.72. The lowest BCUT2D eigenvalue weighted by Gasteiger charge is -2.20. The van der Waals surface area contributed by atoms with Crippen LogP contribution < -0.4 is 25.4 Å². The van der Waals surface area contributed by atoms with E-state index in [2.05, 4.69) is 20.9 Å². The molecule has 28 heavy (non-hydrogen) atoms. The molecular weight excluding hydrogens is 384 g/mol. The summed E-state index contributed by atoms with van der Waals surface area (Å²) in [4.78, 5) is 16.2. The predicted octanol–water partition coefficient (Wildman–Crippen LogP) is 2.69. The highest BCUT2D eigenvalue weighted by Crippen LogP contribution is 2.38. The number of fused-ring (bicyclic) bond motifs is 1. The number of benzene rings is 1. The number of carbonyl (C=O) groups is 1. The third kappa shape index (κ3) is 7.34. The Bertz CT molecular complexity index is 704. The Balaban J connectivity index is 1.87. The third-order valence-corrected chi connectivity index (χ3v) is 3.79. The Kier molecular flexibility index (Phi) is 8.04. The molecular formula is C19H29ClN4O4. The highest BCUT2D eigenvalue weighted by atomic mass is 35.5. The molecule has 0 radical (unpaired) electrons. The van der Waals surface area contributed by atoms with Crippen LogP contribution in [0.4, 0.5) is 4.79 Å². The average Bonchev–Trinajstić information content (AvgIpc) is 2.61. The van der Waals surface area contributed by atoms with E-state index in [0.29, 0.717) is 61.9 Å². The molecule has 1 aromatic rings. The molecule has 1 amide bonds. The van der Waals surface area contributed by atoms with Gasteiger partial charge in [-0.25, -0.2) is 9.79 Å². The zero-order valence-corrected chi connectivity index (χ0v) is 17.6. The Hall–Kier alpha value is -2.35. The van der Waals surface area contributed by atoms with Gasteiger partial charge in [0.2, 0.25) is 0 Å². The number of guanidine groups is 1. The summed E-state index contributed by atoms with van der Waals surface area (Å²) in [5.74, 6) is 1.86. The number of rotatable bonds is 6. The molecule has 1 aliphatic rings. The summed E-state index contributed by atoms with van der Waals surface area (Å²) in [7, 11) is 0. The molecule has 0 bridgehead atoms. The number of hydrogen-bond acceptors (Lipinski definition) is 5. The smallest absolute Gasteiger partial charge is 0.407 e. The maximum absolute atomic E-state index is 11.6. The number of amides is 1. The second-order valence-corrected chi connectivity index (χ2v) is 7.56. The largest absolute Gasteiger partial charge is 0.486 e. The molecule has 8 nitrogen and oxygen atoms in total. The first kappa shape index (κ1) is 21.9. The molecule has 1 heterocycles. The molecule has 0 unspecified atom stereocenters. The third-order valence-electron chi connectivity index (χ3n) is 3.51. The summed E-state index contributed by atoms with van der Waals surface area (Å²) in [6, 6.07) is 3.71. The van der Waals surface area contributed by atoms with Crippen molar-refractivity contribution in [1.29, 1.82) is 0 Å². The minimum Gasteiger partial charge on any atom is -0.486 e. The van der Waals surface area contributed by atoms with Gasteiger partial charge in [0.1, 0.15) is 18.8 Å². The first-order chi connectivity index (χ1) is 13.3. The molecule has 3 N–H and O–H groups in total. The van der Waals surface area contributed by atoms with E-state index in [4.69, 9.17) is 25.8 Å². The number of nitrogens with one attached hydrogen (secondary N) is 3. The van der Waals surface area contributed by atoms with Crippen molar-refractivity contribution >= 4 is 23.7 Å². The molecule has 1 aromatic carbocycles. The fourth-order valence-electron chi connectivity index (χ4n) is 2.43. The first-order valence-corrected chi connectivity index (χ1v) is 9.73. The van der Waals surface area contributed by atoms with Crippen molar-refractivity contribution in [2.75, 3.05) is 32.8 Å². The predicted molar refractivity (Wildman–Crippen MR) is 109 cm³/mol. The Morgan fingerprint density at radius 2 is 1.89 bits per heavy atom. The van der Waals surface area contributed by atoms with Crippen molar-refractivity contribution in [2.45, 2.75) is 39.8 Å². The van der Waals surface area contributed by atoms with Gasteiger partial charge < -0.3 is 30.2 Å². The van der Waals surface area contributed by atoms with Crippen LogP contribution in [0, 0.1) is 0 Å². The molecule has 9 heteroatoms. The summed E-state index contributed by atoms with van der Waals surface area (Å²) in [5, 5.41) is 9.54. The van der Waals surface area contributed by atoms with Crippen molar-refractivity contribution in [1.82, 2.24) is 16.0 Å². The van der Waals surface area contributed by atoms with Crippen molar-refractivity contribution in [2.24, 2.45) is 4.99 Å². The minimum absolute atomic E-state index is 0.412. The van der Waals surface area contributed by atoms with Gasteiger partial charge in [-0.1, -0.05) is 11.6 Å². The number of carbonyl (C=O) groups excluding carboxylic acids is 1.